The van der Waals surface area contributed by atoms with E-state index in [0.717, 1.165) is 43.2 Å². The molecule has 1 fully saturated rings. The summed E-state index contributed by atoms with van der Waals surface area (Å²) < 4.78 is 5.13. The van der Waals surface area contributed by atoms with E-state index in [9.17, 15) is 9.90 Å². The molecule has 1 saturated heterocycles. The average Bonchev–Trinajstić information content (AvgIpc) is 2.68. The van der Waals surface area contributed by atoms with Crippen LogP contribution in [0.15, 0.2) is 48.5 Å². The maximum Gasteiger partial charge on any atom is 0.275 e. The first-order valence-electron chi connectivity index (χ1n) is 8.92. The fraction of sp³-hybridized carbons (Fsp3) is 0.350. The monoisotopic (exact) mass is 356 g/mol. The fourth-order valence-electron chi connectivity index (χ4n) is 3.21. The molecule has 3 N–H and O–H groups in total. The molecule has 1 amide bonds. The van der Waals surface area contributed by atoms with Crippen molar-refractivity contribution in [2.24, 2.45) is 0 Å². The number of hydrogen-bond donors (Lipinski definition) is 3. The highest BCUT2D eigenvalue weighted by molar-refractivity contribution is 5.76. The molecular weight excluding hydrogens is 330 g/mol. The van der Waals surface area contributed by atoms with Crippen LogP contribution in [0.2, 0.25) is 0 Å². The van der Waals surface area contributed by atoms with Crippen LogP contribution in [0, 0.1) is 0 Å². The van der Waals surface area contributed by atoms with Crippen LogP contribution < -0.4 is 19.9 Å². The smallest absolute Gasteiger partial charge is 0.275 e. The zero-order valence-electron chi connectivity index (χ0n) is 15.1. The number of amides is 1. The summed E-state index contributed by atoms with van der Waals surface area (Å²) in [5.41, 5.74) is 1.93. The lowest BCUT2D eigenvalue weighted by Gasteiger charge is -2.33. The summed E-state index contributed by atoms with van der Waals surface area (Å²) in [7, 11) is 1.64. The maximum atomic E-state index is 12.2. The lowest BCUT2D eigenvalue weighted by molar-refractivity contribution is -0.892. The number of hydrogen-bond acceptors (Lipinski definition) is 4. The first-order valence-corrected chi connectivity index (χ1v) is 8.92. The normalized spacial score (nSPS) is 14.9. The Bertz CT molecular complexity index is 725. The number of ether oxygens (including phenoxy) is 1. The predicted octanol–water partition coefficient (Wildman–Crippen LogP) is 0.422. The molecule has 26 heavy (non-hydrogen) atoms. The number of carbonyl (C=O) groups excluding carboxylic acids is 1. The highest BCUT2D eigenvalue weighted by Crippen LogP contribution is 2.25. The Balaban J connectivity index is 1.42. The van der Waals surface area contributed by atoms with E-state index in [1.807, 2.05) is 42.5 Å². The van der Waals surface area contributed by atoms with Crippen molar-refractivity contribution < 1.29 is 19.5 Å². The zero-order valence-corrected chi connectivity index (χ0v) is 15.1. The van der Waals surface area contributed by atoms with E-state index in [-0.39, 0.29) is 5.91 Å². The topological polar surface area (TPSA) is 66.2 Å². The van der Waals surface area contributed by atoms with Gasteiger partial charge in [0.1, 0.15) is 11.5 Å². The molecule has 6 heteroatoms. The van der Waals surface area contributed by atoms with Crippen LogP contribution in [-0.4, -0.2) is 50.8 Å². The van der Waals surface area contributed by atoms with Crippen molar-refractivity contribution in [2.45, 2.75) is 6.54 Å². The summed E-state index contributed by atoms with van der Waals surface area (Å²) in [5.74, 6) is 1.19. The lowest BCUT2D eigenvalue weighted by Crippen LogP contribution is -3.15. The predicted molar refractivity (Wildman–Crippen MR) is 101 cm³/mol. The number of para-hydroxylation sites is 2. The minimum absolute atomic E-state index is 0.0619. The van der Waals surface area contributed by atoms with Gasteiger partial charge >= 0.3 is 0 Å². The van der Waals surface area contributed by atoms with Gasteiger partial charge in [0.2, 0.25) is 0 Å². The zero-order chi connectivity index (χ0) is 18.4. The van der Waals surface area contributed by atoms with Gasteiger partial charge in [-0.25, -0.2) is 0 Å². The summed E-state index contributed by atoms with van der Waals surface area (Å²) in [6.07, 6.45) is 0. The molecule has 0 saturated carbocycles. The number of piperazine rings is 1. The first-order chi connectivity index (χ1) is 12.7. The number of carbonyl (C=O) groups is 1. The summed E-state index contributed by atoms with van der Waals surface area (Å²) >= 11 is 0. The number of anilines is 1. The van der Waals surface area contributed by atoms with Gasteiger partial charge in [-0.1, -0.05) is 24.3 Å². The largest absolute Gasteiger partial charge is 0.506 e. The number of phenolic OH excluding ortho intramolecular Hbond substituents is 1. The third kappa shape index (κ3) is 4.67. The van der Waals surface area contributed by atoms with Crippen LogP contribution in [0.3, 0.4) is 0 Å². The van der Waals surface area contributed by atoms with Crippen molar-refractivity contribution in [1.29, 1.82) is 0 Å². The second kappa shape index (κ2) is 8.58. The number of benzene rings is 2. The fourth-order valence-corrected chi connectivity index (χ4v) is 3.21. The Morgan fingerprint density at radius 1 is 1.15 bits per heavy atom. The van der Waals surface area contributed by atoms with E-state index >= 15 is 0 Å². The molecule has 0 unspecified atom stereocenters. The van der Waals surface area contributed by atoms with Gasteiger partial charge in [0.15, 0.2) is 6.54 Å². The molecule has 0 spiro atoms. The molecular formula is C20H26N3O3+. The molecule has 6 nitrogen and oxygen atoms in total. The van der Waals surface area contributed by atoms with Crippen molar-refractivity contribution in [3.05, 3.63) is 54.1 Å². The van der Waals surface area contributed by atoms with Crippen molar-refractivity contribution >= 4 is 11.6 Å². The maximum absolute atomic E-state index is 12.2. The molecule has 2 aromatic rings. The highest BCUT2D eigenvalue weighted by Gasteiger charge is 2.23. The lowest BCUT2D eigenvalue weighted by atomic mass is 10.2. The van der Waals surface area contributed by atoms with E-state index < -0.39 is 0 Å². The molecule has 3 rings (SSSR count). The van der Waals surface area contributed by atoms with Crippen molar-refractivity contribution in [3.63, 3.8) is 0 Å². The molecule has 1 heterocycles. The van der Waals surface area contributed by atoms with Gasteiger partial charge < -0.3 is 25.0 Å². The Morgan fingerprint density at radius 3 is 2.50 bits per heavy atom. The average molecular weight is 356 g/mol. The number of nitrogens with one attached hydrogen (secondary N) is 2. The van der Waals surface area contributed by atoms with Crippen molar-refractivity contribution in [1.82, 2.24) is 5.32 Å². The van der Waals surface area contributed by atoms with Gasteiger partial charge in [-0.2, -0.15) is 0 Å². The van der Waals surface area contributed by atoms with Gasteiger partial charge in [0, 0.05) is 6.54 Å². The molecule has 0 radical (unpaired) electrons. The van der Waals surface area contributed by atoms with Crippen LogP contribution in [-0.2, 0) is 11.3 Å². The SMILES string of the molecule is COc1ccc(CNC(=O)C[NH+]2CCN(c3ccccc3O)CC2)cc1. The van der Waals surface area contributed by atoms with E-state index in [2.05, 4.69) is 10.2 Å². The van der Waals surface area contributed by atoms with Gasteiger partial charge in [0.25, 0.3) is 5.91 Å². The second-order valence-electron chi connectivity index (χ2n) is 6.53. The quantitative estimate of drug-likeness (QED) is 0.702. The van der Waals surface area contributed by atoms with Crippen LogP contribution in [0.1, 0.15) is 5.56 Å². The van der Waals surface area contributed by atoms with Gasteiger partial charge in [-0.15, -0.1) is 0 Å². The molecule has 0 bridgehead atoms. The minimum Gasteiger partial charge on any atom is -0.506 e. The number of methoxy groups -OCH3 is 1. The second-order valence-corrected chi connectivity index (χ2v) is 6.53. The number of aromatic hydroxyl groups is 1. The third-order valence-corrected chi connectivity index (χ3v) is 4.75. The summed E-state index contributed by atoms with van der Waals surface area (Å²) in [6, 6.07) is 15.1. The number of rotatable bonds is 6. The molecule has 138 valence electrons. The Hall–Kier alpha value is -2.73. The number of nitrogens with zero attached hydrogens (tertiary/aromatic N) is 1. The van der Waals surface area contributed by atoms with Crippen LogP contribution in [0.4, 0.5) is 5.69 Å². The molecule has 0 atom stereocenters. The molecule has 2 aromatic carbocycles. The van der Waals surface area contributed by atoms with E-state index in [0.29, 0.717) is 18.8 Å². The van der Waals surface area contributed by atoms with Gasteiger partial charge in [-0.3, -0.25) is 4.79 Å². The van der Waals surface area contributed by atoms with Crippen molar-refractivity contribution in [2.75, 3.05) is 44.7 Å². The molecule has 1 aliphatic rings. The van der Waals surface area contributed by atoms with E-state index in [1.165, 1.54) is 4.90 Å². The van der Waals surface area contributed by atoms with E-state index in [4.69, 9.17) is 4.74 Å². The Kier molecular flexibility index (Phi) is 5.96. The minimum atomic E-state index is 0.0619. The van der Waals surface area contributed by atoms with Crippen LogP contribution in [0.25, 0.3) is 0 Å². The van der Waals surface area contributed by atoms with Gasteiger partial charge in [0.05, 0.1) is 39.0 Å². The standard InChI is InChI=1S/C20H25N3O3/c1-26-17-8-6-16(7-9-17)14-21-20(25)15-22-10-12-23(13-11-22)18-4-2-3-5-19(18)24/h2-9,24H,10-15H2,1H3,(H,21,25)/p+1. The van der Waals surface area contributed by atoms with Gasteiger partial charge in [-0.05, 0) is 29.8 Å². The number of quaternary nitrogens is 1. The van der Waals surface area contributed by atoms with Crippen molar-refractivity contribution in [3.8, 4) is 11.5 Å². The summed E-state index contributed by atoms with van der Waals surface area (Å²) in [4.78, 5) is 15.6. The van der Waals surface area contributed by atoms with Crippen LogP contribution >= 0.6 is 0 Å². The summed E-state index contributed by atoms with van der Waals surface area (Å²) in [5, 5.41) is 12.9. The molecule has 0 aliphatic carbocycles. The van der Waals surface area contributed by atoms with Crippen LogP contribution in [0.5, 0.6) is 11.5 Å². The Morgan fingerprint density at radius 2 is 1.85 bits per heavy atom. The first kappa shape index (κ1) is 18.1. The molecule has 0 aromatic heterocycles. The van der Waals surface area contributed by atoms with E-state index in [1.54, 1.807) is 13.2 Å². The number of phenols is 1. The third-order valence-electron chi connectivity index (χ3n) is 4.75. The Labute approximate surface area is 154 Å². The summed E-state index contributed by atoms with van der Waals surface area (Å²) in [6.45, 7) is 4.43. The highest BCUT2D eigenvalue weighted by atomic mass is 16.5. The molecule has 1 aliphatic heterocycles.